The minimum absolute atomic E-state index is 0.0948. The van der Waals surface area contributed by atoms with Crippen molar-refractivity contribution >= 4 is 63.3 Å². The van der Waals surface area contributed by atoms with E-state index in [1.807, 2.05) is 73.0 Å². The number of anilines is 2. The first-order valence-electron chi connectivity index (χ1n) is 23.0. The summed E-state index contributed by atoms with van der Waals surface area (Å²) in [5.41, 5.74) is 6.28. The molecule has 0 spiro atoms. The Balaban J connectivity index is 1.35. The van der Waals surface area contributed by atoms with Crippen molar-refractivity contribution in [1.82, 2.24) is 20.4 Å². The number of carbonyl (C=O) groups is 2. The number of hydrogen-bond acceptors (Lipinski definition) is 10. The Hall–Kier alpha value is -4.50. The van der Waals surface area contributed by atoms with Gasteiger partial charge in [0.05, 0.1) is 36.4 Å². The van der Waals surface area contributed by atoms with Gasteiger partial charge in [-0.1, -0.05) is 18.2 Å². The molecular formula is C47H72N6O9Si2+. The summed E-state index contributed by atoms with van der Waals surface area (Å²) >= 11 is 0. The van der Waals surface area contributed by atoms with Crippen molar-refractivity contribution in [2.24, 2.45) is 0 Å². The molecule has 0 atom stereocenters. The van der Waals surface area contributed by atoms with Crippen molar-refractivity contribution in [3.63, 3.8) is 0 Å². The average Bonchev–Trinajstić information content (AvgIpc) is 3.30. The van der Waals surface area contributed by atoms with Gasteiger partial charge in [-0.15, -0.1) is 0 Å². The maximum absolute atomic E-state index is 13.3. The molecule has 2 N–H and O–H groups in total. The minimum atomic E-state index is -2.78. The Bertz CT molecular complexity index is 2110. The number of urea groups is 2. The van der Waals surface area contributed by atoms with Crippen LogP contribution in [0.15, 0.2) is 54.6 Å². The molecule has 1 aliphatic heterocycles. The number of carbonyl (C=O) groups excluding carboxylic acids is 2. The summed E-state index contributed by atoms with van der Waals surface area (Å²) in [5, 5.41) is 8.25. The lowest BCUT2D eigenvalue weighted by molar-refractivity contribution is -0.645. The van der Waals surface area contributed by atoms with Crippen LogP contribution in [-0.4, -0.2) is 134 Å². The fraction of sp³-hybridized carbons (Fsp3) is 0.553. The zero-order valence-corrected chi connectivity index (χ0v) is 41.7. The van der Waals surface area contributed by atoms with E-state index < -0.39 is 18.1 Å². The number of pyridine rings is 1. The third kappa shape index (κ3) is 12.2. The van der Waals surface area contributed by atoms with Crippen molar-refractivity contribution in [1.29, 1.82) is 0 Å². The Labute approximate surface area is 383 Å². The molecule has 2 heterocycles. The molecule has 17 heteroatoms. The molecule has 4 amide bonds. The molecule has 64 heavy (non-hydrogen) atoms. The summed E-state index contributed by atoms with van der Waals surface area (Å²) in [6.07, 6.45) is 2.94. The van der Waals surface area contributed by atoms with E-state index in [4.69, 9.17) is 31.6 Å². The fourth-order valence-corrected chi connectivity index (χ4v) is 12.6. The largest absolute Gasteiger partial charge is 0.500 e. The zero-order valence-electron chi connectivity index (χ0n) is 39.7. The van der Waals surface area contributed by atoms with E-state index in [1.54, 1.807) is 24.0 Å². The van der Waals surface area contributed by atoms with Crippen LogP contribution in [0, 0.1) is 0 Å². The van der Waals surface area contributed by atoms with Gasteiger partial charge in [0.25, 0.3) is 0 Å². The third-order valence-corrected chi connectivity index (χ3v) is 16.4. The maximum atomic E-state index is 13.3. The highest BCUT2D eigenvalue weighted by Gasteiger charge is 2.40. The molecule has 0 aliphatic carbocycles. The Morgan fingerprint density at radius 2 is 1.20 bits per heavy atom. The van der Waals surface area contributed by atoms with Crippen LogP contribution in [0.1, 0.15) is 60.3 Å². The molecule has 0 bridgehead atoms. The summed E-state index contributed by atoms with van der Waals surface area (Å²) in [4.78, 5) is 32.3. The smallest absolute Gasteiger partial charge is 0.496 e. The Kier molecular flexibility index (Phi) is 19.9. The fourth-order valence-electron chi connectivity index (χ4n) is 8.52. The molecule has 5 rings (SSSR count). The van der Waals surface area contributed by atoms with Crippen LogP contribution in [0.4, 0.5) is 21.0 Å². The molecule has 0 unspecified atom stereocenters. The van der Waals surface area contributed by atoms with Gasteiger partial charge in [-0.2, -0.15) is 4.57 Å². The average molecular weight is 921 g/mol. The minimum Gasteiger partial charge on any atom is -0.496 e. The number of rotatable bonds is 28. The predicted octanol–water partition coefficient (Wildman–Crippen LogP) is 7.87. The van der Waals surface area contributed by atoms with Crippen LogP contribution in [0.3, 0.4) is 0 Å². The van der Waals surface area contributed by atoms with Gasteiger partial charge in [0.1, 0.15) is 11.5 Å². The van der Waals surface area contributed by atoms with Crippen molar-refractivity contribution < 1.29 is 45.8 Å². The van der Waals surface area contributed by atoms with Gasteiger partial charge in [-0.05, 0) is 84.2 Å². The standard InChI is InChI=1S/C47H71N6O9Si2/c1-10-58-63(59-11-2)34-18-28-48-46(54)50(6)30-20-32-52-36-22-15-23-37-42(36)45(43-38(52)24-16-26-40(43)56-8)44-39(25-17-27-41(44)57-9)53(37)33-21-31-51(7)47(55)49-29-19-35-64(60-12-3,61-13-4)62-14-5/h15-17,22-27H,10-14,18-21,28-35H2,1-9H3,(H-,48,49,54,55)/p+1. The molecule has 4 aromatic rings. The molecule has 351 valence electrons. The van der Waals surface area contributed by atoms with Gasteiger partial charge in [-0.3, -0.25) is 0 Å². The number of nitrogens with one attached hydrogen (secondary N) is 2. The van der Waals surface area contributed by atoms with Gasteiger partial charge in [0.15, 0.2) is 6.54 Å². The van der Waals surface area contributed by atoms with Gasteiger partial charge in [0, 0.05) is 116 Å². The lowest BCUT2D eigenvalue weighted by Gasteiger charge is -2.34. The first-order valence-corrected chi connectivity index (χ1v) is 26.5. The monoisotopic (exact) mass is 920 g/mol. The van der Waals surface area contributed by atoms with Crippen LogP contribution in [0.5, 0.6) is 11.5 Å². The van der Waals surface area contributed by atoms with Crippen LogP contribution >= 0.6 is 0 Å². The summed E-state index contributed by atoms with van der Waals surface area (Å²) in [6.45, 7) is 16.1. The Morgan fingerprint density at radius 1 is 0.656 bits per heavy atom. The second-order valence-electron chi connectivity index (χ2n) is 15.5. The molecule has 1 aromatic heterocycles. The lowest BCUT2D eigenvalue weighted by Crippen LogP contribution is -2.47. The molecule has 0 saturated carbocycles. The van der Waals surface area contributed by atoms with E-state index in [0.717, 1.165) is 74.7 Å². The van der Waals surface area contributed by atoms with Crippen molar-refractivity contribution in [2.75, 3.05) is 99.0 Å². The first kappa shape index (κ1) is 50.5. The molecule has 0 saturated heterocycles. The van der Waals surface area contributed by atoms with Crippen LogP contribution in [0.25, 0.3) is 32.9 Å². The highest BCUT2D eigenvalue weighted by Crippen LogP contribution is 2.54. The summed E-state index contributed by atoms with van der Waals surface area (Å²) in [7, 11) is 3.02. The normalized spacial score (nSPS) is 12.2. The zero-order chi connectivity index (χ0) is 46.1. The van der Waals surface area contributed by atoms with Crippen LogP contribution in [0.2, 0.25) is 12.1 Å². The number of ether oxygens (including phenoxy) is 2. The molecule has 0 fully saturated rings. The number of methoxy groups -OCH3 is 2. The second kappa shape index (κ2) is 25.3. The van der Waals surface area contributed by atoms with Gasteiger partial charge in [0.2, 0.25) is 11.0 Å². The van der Waals surface area contributed by atoms with E-state index in [0.29, 0.717) is 91.2 Å². The molecular weight excluding hydrogens is 849 g/mol. The van der Waals surface area contributed by atoms with Gasteiger partial charge in [-0.25, -0.2) is 9.59 Å². The van der Waals surface area contributed by atoms with Gasteiger partial charge < -0.3 is 56.9 Å². The van der Waals surface area contributed by atoms with Crippen molar-refractivity contribution in [2.45, 2.75) is 78.9 Å². The highest BCUT2D eigenvalue weighted by atomic mass is 28.4. The SMILES string of the molecule is CCO[Si](CCCNC(=O)N(C)CCCN1c2cccc(OC)c2-c2c3c(OC)cccc3[n+](CCCN(C)C(=O)NCCC[Si](OCC)(OCC)OCC)c3cccc1c23)OCC. The van der Waals surface area contributed by atoms with E-state index >= 15 is 0 Å². The summed E-state index contributed by atoms with van der Waals surface area (Å²) in [6, 6.07) is 20.1. The quantitative estimate of drug-likeness (QED) is 0.0251. The lowest BCUT2D eigenvalue weighted by atomic mass is 9.88. The summed E-state index contributed by atoms with van der Waals surface area (Å²) in [5.74, 6) is 1.54. The second-order valence-corrected chi connectivity index (χ2v) is 20.1. The number of amides is 4. The van der Waals surface area contributed by atoms with E-state index in [2.05, 4.69) is 50.4 Å². The highest BCUT2D eigenvalue weighted by molar-refractivity contribution is 6.60. The number of nitrogens with zero attached hydrogens (tertiary/aromatic N) is 4. The number of hydrogen-bond donors (Lipinski definition) is 2. The van der Waals surface area contributed by atoms with E-state index in [9.17, 15) is 9.59 Å². The first-order chi connectivity index (χ1) is 31.1. The van der Waals surface area contributed by atoms with Crippen LogP contribution < -0.4 is 29.6 Å². The number of aromatic nitrogens is 1. The Morgan fingerprint density at radius 3 is 1.81 bits per heavy atom. The molecule has 1 aliphatic rings. The van der Waals surface area contributed by atoms with Crippen LogP contribution in [-0.2, 0) is 28.7 Å². The topological polar surface area (TPSA) is 136 Å². The van der Waals surface area contributed by atoms with E-state index in [1.165, 1.54) is 0 Å². The number of benzene rings is 3. The maximum Gasteiger partial charge on any atom is 0.500 e. The third-order valence-electron chi connectivity index (χ3n) is 11.3. The van der Waals surface area contributed by atoms with Crippen molar-refractivity contribution in [3.8, 4) is 22.6 Å². The van der Waals surface area contributed by atoms with Crippen molar-refractivity contribution in [3.05, 3.63) is 54.6 Å². The van der Waals surface area contributed by atoms with Gasteiger partial charge >= 0.3 is 30.2 Å². The van der Waals surface area contributed by atoms with E-state index in [-0.39, 0.29) is 12.1 Å². The molecule has 15 nitrogen and oxygen atoms in total. The predicted molar refractivity (Wildman–Crippen MR) is 257 cm³/mol. The number of aryl methyl sites for hydroxylation is 1. The summed E-state index contributed by atoms with van der Waals surface area (Å²) < 4.78 is 44.1. The number of fused-ring (bicyclic) bond motifs is 4. The molecule has 1 radical (unpaired) electrons. The molecule has 3 aromatic carbocycles.